The molecule has 1 heterocycles. The lowest BCUT2D eigenvalue weighted by molar-refractivity contribution is 0.0731. The van der Waals surface area contributed by atoms with Crippen LogP contribution in [0.2, 0.25) is 0 Å². The predicted octanol–water partition coefficient (Wildman–Crippen LogP) is -0.0573. The predicted molar refractivity (Wildman–Crippen MR) is 68.3 cm³/mol. The van der Waals surface area contributed by atoms with Crippen molar-refractivity contribution in [1.82, 2.24) is 5.32 Å². The molecule has 1 saturated heterocycles. The van der Waals surface area contributed by atoms with Crippen molar-refractivity contribution >= 4 is 9.84 Å². The van der Waals surface area contributed by atoms with Gasteiger partial charge in [-0.25, -0.2) is 8.42 Å². The number of nitrogens with one attached hydrogen (secondary N) is 1. The molecular formula is C12H17NO4S. The third kappa shape index (κ3) is 3.01. The van der Waals surface area contributed by atoms with Crippen molar-refractivity contribution in [1.29, 1.82) is 0 Å². The Bertz CT molecular complexity index is 515. The second-order valence-corrected chi connectivity index (χ2v) is 6.59. The van der Waals surface area contributed by atoms with Crippen LogP contribution in [0.25, 0.3) is 0 Å². The number of aliphatic hydroxyl groups excluding tert-OH is 1. The van der Waals surface area contributed by atoms with Crippen molar-refractivity contribution < 1.29 is 18.3 Å². The van der Waals surface area contributed by atoms with Crippen LogP contribution in [0, 0.1) is 0 Å². The molecule has 0 saturated carbocycles. The van der Waals surface area contributed by atoms with Crippen molar-refractivity contribution in [2.24, 2.45) is 0 Å². The number of para-hydroxylation sites is 1. The summed E-state index contributed by atoms with van der Waals surface area (Å²) in [5.74, 6) is 0.279. The molecule has 0 aromatic heterocycles. The minimum absolute atomic E-state index is 0.123. The minimum Gasteiger partial charge on any atom is -0.486 e. The average Bonchev–Trinajstić information content (AvgIpc) is 2.55. The van der Waals surface area contributed by atoms with Gasteiger partial charge >= 0.3 is 0 Å². The average molecular weight is 271 g/mol. The summed E-state index contributed by atoms with van der Waals surface area (Å²) in [4.78, 5) is 0. The third-order valence-corrected chi connectivity index (χ3v) is 4.58. The Morgan fingerprint density at radius 3 is 2.72 bits per heavy atom. The highest BCUT2D eigenvalue weighted by atomic mass is 32.2. The summed E-state index contributed by atoms with van der Waals surface area (Å²) in [5.41, 5.74) is 0.941. The van der Waals surface area contributed by atoms with Crippen LogP contribution in [0.4, 0.5) is 0 Å². The van der Waals surface area contributed by atoms with E-state index in [1.54, 1.807) is 6.07 Å². The number of ether oxygens (including phenoxy) is 1. The van der Waals surface area contributed by atoms with E-state index in [9.17, 15) is 13.5 Å². The van der Waals surface area contributed by atoms with Crippen LogP contribution >= 0.6 is 0 Å². The molecule has 1 aliphatic rings. The molecule has 0 radical (unpaired) electrons. The number of rotatable bonds is 4. The molecule has 100 valence electrons. The lowest BCUT2D eigenvalue weighted by atomic mass is 10.2. The lowest BCUT2D eigenvalue weighted by Crippen LogP contribution is -2.30. The van der Waals surface area contributed by atoms with Crippen LogP contribution in [-0.2, 0) is 16.4 Å². The summed E-state index contributed by atoms with van der Waals surface area (Å²) in [7, 11) is -1.36. The van der Waals surface area contributed by atoms with Gasteiger partial charge in [0.2, 0.25) is 0 Å². The van der Waals surface area contributed by atoms with Crippen molar-refractivity contribution in [3.63, 3.8) is 0 Å². The van der Waals surface area contributed by atoms with Crippen LogP contribution in [0.5, 0.6) is 5.75 Å². The van der Waals surface area contributed by atoms with Crippen LogP contribution in [0.3, 0.4) is 0 Å². The van der Waals surface area contributed by atoms with Crippen LogP contribution in [0.1, 0.15) is 5.56 Å². The normalized spacial score (nSPS) is 26.1. The molecule has 6 heteroatoms. The number of hydrogen-bond donors (Lipinski definition) is 2. The fourth-order valence-electron chi connectivity index (χ4n) is 2.03. The molecule has 2 atom stereocenters. The fourth-order valence-corrected chi connectivity index (χ4v) is 3.69. The van der Waals surface area contributed by atoms with E-state index in [2.05, 4.69) is 5.32 Å². The molecule has 1 aromatic carbocycles. The Morgan fingerprint density at radius 1 is 1.39 bits per heavy atom. The highest BCUT2D eigenvalue weighted by Crippen LogP contribution is 2.23. The Hall–Kier alpha value is -1.11. The van der Waals surface area contributed by atoms with E-state index < -0.39 is 22.0 Å². The maximum absolute atomic E-state index is 11.4. The topological polar surface area (TPSA) is 75.6 Å². The molecule has 5 nitrogen and oxygen atoms in total. The van der Waals surface area contributed by atoms with Crippen molar-refractivity contribution in [3.8, 4) is 5.75 Å². The van der Waals surface area contributed by atoms with Gasteiger partial charge < -0.3 is 15.2 Å². The summed E-state index contributed by atoms with van der Waals surface area (Å²) in [6.45, 7) is 0.631. The molecule has 2 rings (SSSR count). The van der Waals surface area contributed by atoms with Crippen molar-refractivity contribution in [3.05, 3.63) is 29.8 Å². The zero-order chi connectivity index (χ0) is 13.2. The molecule has 1 fully saturated rings. The van der Waals surface area contributed by atoms with Gasteiger partial charge in [-0.05, 0) is 13.1 Å². The molecule has 1 aromatic rings. The second-order valence-electron chi connectivity index (χ2n) is 4.44. The highest BCUT2D eigenvalue weighted by molar-refractivity contribution is 7.91. The molecule has 0 aliphatic carbocycles. The Balaban J connectivity index is 2.15. The summed E-state index contributed by atoms with van der Waals surface area (Å²) in [6.07, 6.45) is -1.62. The molecule has 1 aliphatic heterocycles. The Morgan fingerprint density at radius 2 is 2.11 bits per heavy atom. The SMILES string of the molecule is CNCc1ccccc1OC1CS(=O)(=O)CC1O. The van der Waals surface area contributed by atoms with Gasteiger partial charge in [0.1, 0.15) is 18.0 Å². The largest absolute Gasteiger partial charge is 0.486 e. The maximum Gasteiger partial charge on any atom is 0.156 e. The number of sulfone groups is 1. The summed E-state index contributed by atoms with van der Waals surface area (Å²) in [6, 6.07) is 7.40. The van der Waals surface area contributed by atoms with Gasteiger partial charge in [0.25, 0.3) is 0 Å². The smallest absolute Gasteiger partial charge is 0.156 e. The number of benzene rings is 1. The van der Waals surface area contributed by atoms with Gasteiger partial charge in [-0.3, -0.25) is 0 Å². The Labute approximate surface area is 107 Å². The molecule has 0 spiro atoms. The first kappa shape index (κ1) is 13.3. The van der Waals surface area contributed by atoms with Crippen molar-refractivity contribution in [2.75, 3.05) is 18.6 Å². The summed E-state index contributed by atoms with van der Waals surface area (Å²) in [5, 5.41) is 12.7. The molecule has 2 unspecified atom stereocenters. The minimum atomic E-state index is -3.18. The van der Waals surface area contributed by atoms with E-state index in [-0.39, 0.29) is 11.5 Å². The third-order valence-electron chi connectivity index (χ3n) is 2.89. The fraction of sp³-hybridized carbons (Fsp3) is 0.500. The Kier molecular flexibility index (Phi) is 3.89. The lowest BCUT2D eigenvalue weighted by Gasteiger charge is -2.18. The first-order valence-electron chi connectivity index (χ1n) is 5.79. The van der Waals surface area contributed by atoms with Gasteiger partial charge in [-0.15, -0.1) is 0 Å². The van der Waals surface area contributed by atoms with Gasteiger partial charge in [0.05, 0.1) is 11.5 Å². The van der Waals surface area contributed by atoms with Gasteiger partial charge in [0.15, 0.2) is 9.84 Å². The molecule has 0 bridgehead atoms. The van der Waals surface area contributed by atoms with Crippen molar-refractivity contribution in [2.45, 2.75) is 18.8 Å². The van der Waals surface area contributed by atoms with Crippen LogP contribution in [0.15, 0.2) is 24.3 Å². The molecule has 18 heavy (non-hydrogen) atoms. The monoisotopic (exact) mass is 271 g/mol. The summed E-state index contributed by atoms with van der Waals surface area (Å²) >= 11 is 0. The van der Waals surface area contributed by atoms with E-state index in [1.165, 1.54) is 0 Å². The highest BCUT2D eigenvalue weighted by Gasteiger charge is 2.38. The van der Waals surface area contributed by atoms with E-state index in [0.717, 1.165) is 5.56 Å². The summed E-state index contributed by atoms with van der Waals surface area (Å²) < 4.78 is 28.4. The zero-order valence-electron chi connectivity index (χ0n) is 10.2. The van der Waals surface area contributed by atoms with E-state index >= 15 is 0 Å². The molecule has 2 N–H and O–H groups in total. The molecular weight excluding hydrogens is 254 g/mol. The van der Waals surface area contributed by atoms with Gasteiger partial charge in [0, 0.05) is 12.1 Å². The first-order valence-corrected chi connectivity index (χ1v) is 7.61. The second kappa shape index (κ2) is 5.26. The number of aliphatic hydroxyl groups is 1. The van der Waals surface area contributed by atoms with Crippen LogP contribution in [-0.4, -0.2) is 44.3 Å². The van der Waals surface area contributed by atoms with E-state index in [4.69, 9.17) is 4.74 Å². The van der Waals surface area contributed by atoms with Crippen LogP contribution < -0.4 is 10.1 Å². The van der Waals surface area contributed by atoms with Gasteiger partial charge in [-0.1, -0.05) is 18.2 Å². The van der Waals surface area contributed by atoms with Gasteiger partial charge in [-0.2, -0.15) is 0 Å². The quantitative estimate of drug-likeness (QED) is 0.802. The maximum atomic E-state index is 11.4. The zero-order valence-corrected chi connectivity index (χ0v) is 11.0. The first-order chi connectivity index (χ1) is 8.52. The standard InChI is InChI=1S/C12H17NO4S/c1-13-6-9-4-2-3-5-11(9)17-12-8-18(15,16)7-10(12)14/h2-5,10,12-14H,6-8H2,1H3. The molecule has 0 amide bonds. The van der Waals surface area contributed by atoms with E-state index in [1.807, 2.05) is 25.2 Å². The van der Waals surface area contributed by atoms with E-state index in [0.29, 0.717) is 12.3 Å². The number of hydrogen-bond acceptors (Lipinski definition) is 5.